The molecule has 0 fully saturated rings. The monoisotopic (exact) mass is 216 g/mol. The molecule has 2 N–H and O–H groups in total. The molecular formula is C14H20N2. The van der Waals surface area contributed by atoms with E-state index in [0.29, 0.717) is 6.04 Å². The molecule has 1 heterocycles. The summed E-state index contributed by atoms with van der Waals surface area (Å²) in [7, 11) is 0. The lowest BCUT2D eigenvalue weighted by molar-refractivity contribution is 0.645. The topological polar surface area (TPSA) is 27.8 Å². The summed E-state index contributed by atoms with van der Waals surface area (Å²) in [4.78, 5) is 3.21. The third kappa shape index (κ3) is 2.57. The third-order valence-corrected chi connectivity index (χ3v) is 2.96. The highest BCUT2D eigenvalue weighted by atomic mass is 14.9. The maximum Gasteiger partial charge on any atom is 0.0455 e. The normalized spacial score (nSPS) is 12.9. The smallest absolute Gasteiger partial charge is 0.0455 e. The quantitative estimate of drug-likeness (QED) is 0.771. The van der Waals surface area contributed by atoms with Crippen LogP contribution in [0.3, 0.4) is 0 Å². The van der Waals surface area contributed by atoms with Crippen molar-refractivity contribution in [3.63, 3.8) is 0 Å². The summed E-state index contributed by atoms with van der Waals surface area (Å²) in [5, 5.41) is 4.82. The van der Waals surface area contributed by atoms with Gasteiger partial charge in [0, 0.05) is 28.8 Å². The largest absolute Gasteiger partial charge is 0.383 e. The van der Waals surface area contributed by atoms with E-state index < -0.39 is 0 Å². The van der Waals surface area contributed by atoms with Crippen molar-refractivity contribution in [2.75, 3.05) is 5.32 Å². The first-order valence-corrected chi connectivity index (χ1v) is 6.13. The van der Waals surface area contributed by atoms with Crippen LogP contribution >= 0.6 is 0 Å². The summed E-state index contributed by atoms with van der Waals surface area (Å²) < 4.78 is 0. The number of hydrogen-bond acceptors (Lipinski definition) is 1. The van der Waals surface area contributed by atoms with Gasteiger partial charge in [-0.3, -0.25) is 0 Å². The van der Waals surface area contributed by atoms with E-state index in [4.69, 9.17) is 0 Å². The number of benzene rings is 1. The molecule has 2 heteroatoms. The first kappa shape index (κ1) is 11.1. The van der Waals surface area contributed by atoms with Crippen LogP contribution in [0, 0.1) is 0 Å². The van der Waals surface area contributed by atoms with Gasteiger partial charge in [0.2, 0.25) is 0 Å². The molecule has 86 valence electrons. The molecule has 0 aliphatic rings. The lowest BCUT2D eigenvalue weighted by Gasteiger charge is -2.14. The fourth-order valence-corrected chi connectivity index (χ4v) is 2.01. The average Bonchev–Trinajstić information content (AvgIpc) is 2.73. The Hall–Kier alpha value is -1.44. The van der Waals surface area contributed by atoms with E-state index in [9.17, 15) is 0 Å². The van der Waals surface area contributed by atoms with Crippen molar-refractivity contribution >= 4 is 16.6 Å². The van der Waals surface area contributed by atoms with Gasteiger partial charge in [-0.2, -0.15) is 0 Å². The van der Waals surface area contributed by atoms with Crippen molar-refractivity contribution < 1.29 is 0 Å². The fourth-order valence-electron chi connectivity index (χ4n) is 2.01. The maximum absolute atomic E-state index is 3.54. The number of aromatic nitrogens is 1. The van der Waals surface area contributed by atoms with Gasteiger partial charge in [-0.25, -0.2) is 0 Å². The van der Waals surface area contributed by atoms with Gasteiger partial charge in [-0.15, -0.1) is 0 Å². The summed E-state index contributed by atoms with van der Waals surface area (Å²) >= 11 is 0. The Labute approximate surface area is 97.1 Å². The zero-order valence-electron chi connectivity index (χ0n) is 10.1. The SMILES string of the molecule is CCCCC(C)Nc1ccc2[nH]ccc2c1. The number of rotatable bonds is 5. The molecule has 0 amide bonds. The molecular weight excluding hydrogens is 196 g/mol. The number of unbranched alkanes of at least 4 members (excludes halogenated alkanes) is 1. The van der Waals surface area contributed by atoms with Crippen LogP contribution in [0.15, 0.2) is 30.5 Å². The van der Waals surface area contributed by atoms with Crippen LogP contribution in [0.2, 0.25) is 0 Å². The minimum absolute atomic E-state index is 0.552. The molecule has 0 aliphatic heterocycles. The van der Waals surface area contributed by atoms with E-state index >= 15 is 0 Å². The summed E-state index contributed by atoms with van der Waals surface area (Å²) in [6.07, 6.45) is 5.78. The van der Waals surface area contributed by atoms with Crippen LogP contribution in [0.4, 0.5) is 5.69 Å². The molecule has 0 saturated heterocycles. The molecule has 1 unspecified atom stereocenters. The first-order chi connectivity index (χ1) is 7.79. The molecule has 0 bridgehead atoms. The van der Waals surface area contributed by atoms with Crippen LogP contribution in [0.25, 0.3) is 10.9 Å². The number of anilines is 1. The van der Waals surface area contributed by atoms with E-state index in [1.54, 1.807) is 0 Å². The molecule has 2 rings (SSSR count). The minimum Gasteiger partial charge on any atom is -0.383 e. The van der Waals surface area contributed by atoms with Crippen molar-refractivity contribution in [3.05, 3.63) is 30.5 Å². The second kappa shape index (κ2) is 5.06. The molecule has 2 aromatic rings. The van der Waals surface area contributed by atoms with Crippen molar-refractivity contribution in [1.29, 1.82) is 0 Å². The van der Waals surface area contributed by atoms with Crippen molar-refractivity contribution in [1.82, 2.24) is 4.98 Å². The molecule has 1 aromatic heterocycles. The predicted octanol–water partition coefficient (Wildman–Crippen LogP) is 4.16. The second-order valence-electron chi connectivity index (χ2n) is 4.47. The zero-order valence-corrected chi connectivity index (χ0v) is 10.1. The number of aromatic amines is 1. The van der Waals surface area contributed by atoms with E-state index in [1.807, 2.05) is 6.20 Å². The molecule has 16 heavy (non-hydrogen) atoms. The van der Waals surface area contributed by atoms with E-state index in [1.165, 1.54) is 35.9 Å². The maximum atomic E-state index is 3.54. The fraction of sp³-hybridized carbons (Fsp3) is 0.429. The van der Waals surface area contributed by atoms with Gasteiger partial charge in [-0.05, 0) is 37.6 Å². The third-order valence-electron chi connectivity index (χ3n) is 2.96. The van der Waals surface area contributed by atoms with E-state index in [-0.39, 0.29) is 0 Å². The van der Waals surface area contributed by atoms with Crippen LogP contribution in [-0.4, -0.2) is 11.0 Å². The van der Waals surface area contributed by atoms with Gasteiger partial charge < -0.3 is 10.3 Å². The highest BCUT2D eigenvalue weighted by Gasteiger charge is 2.02. The Balaban J connectivity index is 2.03. The lowest BCUT2D eigenvalue weighted by Crippen LogP contribution is -2.14. The number of fused-ring (bicyclic) bond motifs is 1. The van der Waals surface area contributed by atoms with Crippen LogP contribution in [-0.2, 0) is 0 Å². The van der Waals surface area contributed by atoms with Gasteiger partial charge >= 0.3 is 0 Å². The minimum atomic E-state index is 0.552. The molecule has 1 aromatic carbocycles. The van der Waals surface area contributed by atoms with Gasteiger partial charge in [0.05, 0.1) is 0 Å². The Kier molecular flexibility index (Phi) is 3.50. The lowest BCUT2D eigenvalue weighted by atomic mass is 10.1. The highest BCUT2D eigenvalue weighted by molar-refractivity contribution is 5.82. The first-order valence-electron chi connectivity index (χ1n) is 6.13. The van der Waals surface area contributed by atoms with Gasteiger partial charge in [0.15, 0.2) is 0 Å². The van der Waals surface area contributed by atoms with Crippen molar-refractivity contribution in [2.45, 2.75) is 39.2 Å². The Bertz CT molecular complexity index is 445. The molecule has 2 nitrogen and oxygen atoms in total. The van der Waals surface area contributed by atoms with Crippen LogP contribution < -0.4 is 5.32 Å². The summed E-state index contributed by atoms with van der Waals surface area (Å²) in [6.45, 7) is 4.48. The predicted molar refractivity (Wildman–Crippen MR) is 70.9 cm³/mol. The van der Waals surface area contributed by atoms with Gasteiger partial charge in [0.25, 0.3) is 0 Å². The summed E-state index contributed by atoms with van der Waals surface area (Å²) in [5.74, 6) is 0. The van der Waals surface area contributed by atoms with E-state index in [0.717, 1.165) is 0 Å². The van der Waals surface area contributed by atoms with E-state index in [2.05, 4.69) is 48.4 Å². The van der Waals surface area contributed by atoms with Crippen molar-refractivity contribution in [3.8, 4) is 0 Å². The zero-order chi connectivity index (χ0) is 11.4. The Morgan fingerprint density at radius 3 is 3.00 bits per heavy atom. The van der Waals surface area contributed by atoms with Crippen LogP contribution in [0.5, 0.6) is 0 Å². The Morgan fingerprint density at radius 2 is 2.19 bits per heavy atom. The molecule has 0 spiro atoms. The number of nitrogens with one attached hydrogen (secondary N) is 2. The molecule has 1 atom stereocenters. The summed E-state index contributed by atoms with van der Waals surface area (Å²) in [5.41, 5.74) is 2.42. The standard InChI is InChI=1S/C14H20N2/c1-3-4-5-11(2)16-13-6-7-14-12(10-13)8-9-15-14/h6-11,15-16H,3-5H2,1-2H3. The highest BCUT2D eigenvalue weighted by Crippen LogP contribution is 2.19. The number of hydrogen-bond donors (Lipinski definition) is 2. The second-order valence-corrected chi connectivity index (χ2v) is 4.47. The molecule has 0 radical (unpaired) electrons. The van der Waals surface area contributed by atoms with Crippen LogP contribution in [0.1, 0.15) is 33.1 Å². The number of H-pyrrole nitrogens is 1. The summed E-state index contributed by atoms with van der Waals surface area (Å²) in [6, 6.07) is 9.13. The van der Waals surface area contributed by atoms with Gasteiger partial charge in [-0.1, -0.05) is 19.8 Å². The Morgan fingerprint density at radius 1 is 1.31 bits per heavy atom. The molecule has 0 saturated carbocycles. The molecule has 0 aliphatic carbocycles. The average molecular weight is 216 g/mol. The van der Waals surface area contributed by atoms with Gasteiger partial charge in [0.1, 0.15) is 0 Å². The van der Waals surface area contributed by atoms with Crippen molar-refractivity contribution in [2.24, 2.45) is 0 Å².